The number of nitrogens with one attached hydrogen (secondary N) is 2. The van der Waals surface area contributed by atoms with Gasteiger partial charge in [0.25, 0.3) is 5.91 Å². The molecule has 1 heterocycles. The third-order valence-corrected chi connectivity index (χ3v) is 5.78. The molecule has 0 fully saturated rings. The Hall–Kier alpha value is -2.44. The fourth-order valence-electron chi connectivity index (χ4n) is 2.84. The van der Waals surface area contributed by atoms with Crippen molar-refractivity contribution in [2.24, 2.45) is 0 Å². The molecule has 0 radical (unpaired) electrons. The van der Waals surface area contributed by atoms with Crippen molar-refractivity contribution in [3.05, 3.63) is 92.6 Å². The number of carbonyl (C=O) groups excluding carboxylic acids is 2. The maximum Gasteiger partial charge on any atom is 0.262 e. The Labute approximate surface area is 177 Å². The maximum atomic E-state index is 13.0. The van der Waals surface area contributed by atoms with Crippen molar-refractivity contribution in [2.45, 2.75) is 25.4 Å². The van der Waals surface area contributed by atoms with Crippen LogP contribution >= 0.6 is 27.3 Å². The fraction of sp³-hybridized carbons (Fsp3) is 0.182. The zero-order valence-corrected chi connectivity index (χ0v) is 17.8. The molecular weight excluding hydrogens is 436 g/mol. The molecule has 4 nitrogen and oxygen atoms in total. The summed E-state index contributed by atoms with van der Waals surface area (Å²) < 4.78 is 0.986. The minimum Gasteiger partial charge on any atom is -0.348 e. The Kier molecular flexibility index (Phi) is 7.01. The molecule has 3 rings (SSSR count). The van der Waals surface area contributed by atoms with Crippen LogP contribution in [-0.4, -0.2) is 17.9 Å². The second-order valence-corrected chi connectivity index (χ2v) is 8.34. The maximum absolute atomic E-state index is 13.0. The van der Waals surface area contributed by atoms with Gasteiger partial charge in [-0.3, -0.25) is 9.59 Å². The van der Waals surface area contributed by atoms with Crippen molar-refractivity contribution in [1.29, 1.82) is 0 Å². The number of rotatable bonds is 7. The standard InChI is InChI=1S/C22H21BrN2O2S/c1-15(17-9-11-18(23)12-10-17)24-21(26)19(14-16-6-3-2-4-7-16)25-22(27)20-8-5-13-28-20/h2-13,15,19H,14H2,1H3,(H,24,26)(H,25,27)/t15?,19-/m0/s1. The van der Waals surface area contributed by atoms with Crippen molar-refractivity contribution in [1.82, 2.24) is 10.6 Å². The van der Waals surface area contributed by atoms with Gasteiger partial charge in [0.15, 0.2) is 0 Å². The lowest BCUT2D eigenvalue weighted by atomic mass is 10.0. The van der Waals surface area contributed by atoms with E-state index in [1.54, 1.807) is 6.07 Å². The monoisotopic (exact) mass is 456 g/mol. The first kappa shape index (κ1) is 20.3. The number of carbonyl (C=O) groups is 2. The number of benzene rings is 2. The average Bonchev–Trinajstić information content (AvgIpc) is 3.23. The molecule has 3 aromatic rings. The van der Waals surface area contributed by atoms with Crippen molar-refractivity contribution in [3.8, 4) is 0 Å². The molecule has 0 spiro atoms. The Balaban J connectivity index is 1.73. The molecule has 1 aromatic heterocycles. The van der Waals surface area contributed by atoms with Crippen molar-refractivity contribution >= 4 is 39.1 Å². The molecule has 28 heavy (non-hydrogen) atoms. The highest BCUT2D eigenvalue weighted by atomic mass is 79.9. The minimum atomic E-state index is -0.658. The lowest BCUT2D eigenvalue weighted by Crippen LogP contribution is -2.48. The van der Waals surface area contributed by atoms with E-state index in [4.69, 9.17) is 0 Å². The molecule has 0 aliphatic heterocycles. The number of amides is 2. The first-order valence-electron chi connectivity index (χ1n) is 8.97. The Bertz CT molecular complexity index is 911. The third-order valence-electron chi connectivity index (χ3n) is 4.38. The summed E-state index contributed by atoms with van der Waals surface area (Å²) in [5, 5.41) is 7.75. The molecule has 0 saturated carbocycles. The topological polar surface area (TPSA) is 58.2 Å². The second kappa shape index (κ2) is 9.66. The third kappa shape index (κ3) is 5.53. The smallest absolute Gasteiger partial charge is 0.262 e. The number of halogens is 1. The molecule has 2 N–H and O–H groups in total. The van der Waals surface area contributed by atoms with Crippen LogP contribution in [0.3, 0.4) is 0 Å². The summed E-state index contributed by atoms with van der Waals surface area (Å²) in [4.78, 5) is 26.1. The van der Waals surface area contributed by atoms with Gasteiger partial charge < -0.3 is 10.6 Å². The summed E-state index contributed by atoms with van der Waals surface area (Å²) in [6.07, 6.45) is 0.427. The van der Waals surface area contributed by atoms with Gasteiger partial charge >= 0.3 is 0 Å². The lowest BCUT2D eigenvalue weighted by molar-refractivity contribution is -0.123. The van der Waals surface area contributed by atoms with E-state index >= 15 is 0 Å². The summed E-state index contributed by atoms with van der Waals surface area (Å²) in [7, 11) is 0. The Morgan fingerprint density at radius 3 is 2.32 bits per heavy atom. The van der Waals surface area contributed by atoms with E-state index in [9.17, 15) is 9.59 Å². The lowest BCUT2D eigenvalue weighted by Gasteiger charge is -2.22. The average molecular weight is 457 g/mol. The van der Waals surface area contributed by atoms with Crippen molar-refractivity contribution in [2.75, 3.05) is 0 Å². The van der Waals surface area contributed by atoms with Crippen LogP contribution in [0.5, 0.6) is 0 Å². The SMILES string of the molecule is CC(NC(=O)[C@H](Cc1ccccc1)NC(=O)c1cccs1)c1ccc(Br)cc1. The molecule has 2 atom stereocenters. The second-order valence-electron chi connectivity index (χ2n) is 6.47. The van der Waals surface area contributed by atoms with E-state index in [0.717, 1.165) is 15.6 Å². The summed E-state index contributed by atoms with van der Waals surface area (Å²) >= 11 is 4.77. The van der Waals surface area contributed by atoms with Gasteiger partial charge in [-0.05, 0) is 41.6 Å². The first-order valence-corrected chi connectivity index (χ1v) is 10.6. The Morgan fingerprint density at radius 1 is 0.964 bits per heavy atom. The molecule has 1 unspecified atom stereocenters. The largest absolute Gasteiger partial charge is 0.348 e. The number of hydrogen-bond acceptors (Lipinski definition) is 3. The van der Waals surface area contributed by atoms with Gasteiger partial charge in [0.2, 0.25) is 5.91 Å². The minimum absolute atomic E-state index is 0.169. The van der Waals surface area contributed by atoms with Crippen LogP contribution in [0.15, 0.2) is 76.6 Å². The van der Waals surface area contributed by atoms with E-state index in [2.05, 4.69) is 26.6 Å². The Morgan fingerprint density at radius 2 is 1.68 bits per heavy atom. The summed E-state index contributed by atoms with van der Waals surface area (Å²) in [6.45, 7) is 1.93. The first-order chi connectivity index (χ1) is 13.5. The van der Waals surface area contributed by atoms with Gasteiger partial charge in [0.1, 0.15) is 6.04 Å². The predicted molar refractivity (Wildman–Crippen MR) is 116 cm³/mol. The molecule has 0 saturated heterocycles. The van der Waals surface area contributed by atoms with E-state index in [1.165, 1.54) is 11.3 Å². The molecule has 0 aliphatic carbocycles. The zero-order chi connectivity index (χ0) is 19.9. The van der Waals surface area contributed by atoms with Crippen LogP contribution in [0.2, 0.25) is 0 Å². The molecule has 2 amide bonds. The summed E-state index contributed by atoms with van der Waals surface area (Å²) in [6, 6.07) is 20.2. The van der Waals surface area contributed by atoms with E-state index < -0.39 is 6.04 Å². The molecular formula is C22H21BrN2O2S. The van der Waals surface area contributed by atoms with Crippen LogP contribution < -0.4 is 10.6 Å². The molecule has 6 heteroatoms. The fourth-order valence-corrected chi connectivity index (χ4v) is 3.74. The van der Waals surface area contributed by atoms with Gasteiger partial charge in [-0.1, -0.05) is 64.5 Å². The quantitative estimate of drug-likeness (QED) is 0.539. The van der Waals surface area contributed by atoms with Gasteiger partial charge in [0.05, 0.1) is 10.9 Å². The number of thiophene rings is 1. The summed E-state index contributed by atoms with van der Waals surface area (Å²) in [5.74, 6) is -0.438. The van der Waals surface area contributed by atoms with Gasteiger partial charge in [0, 0.05) is 10.9 Å². The molecule has 0 bridgehead atoms. The van der Waals surface area contributed by atoms with Gasteiger partial charge in [-0.15, -0.1) is 11.3 Å². The molecule has 0 aliphatic rings. The highest BCUT2D eigenvalue weighted by Crippen LogP contribution is 2.17. The van der Waals surface area contributed by atoms with Crippen molar-refractivity contribution < 1.29 is 9.59 Å². The summed E-state index contributed by atoms with van der Waals surface area (Å²) in [5.41, 5.74) is 1.99. The zero-order valence-electron chi connectivity index (χ0n) is 15.4. The van der Waals surface area contributed by atoms with E-state index in [0.29, 0.717) is 11.3 Å². The van der Waals surface area contributed by atoms with Crippen LogP contribution in [0, 0.1) is 0 Å². The van der Waals surface area contributed by atoms with Gasteiger partial charge in [-0.2, -0.15) is 0 Å². The van der Waals surface area contributed by atoms with Gasteiger partial charge in [-0.25, -0.2) is 0 Å². The highest BCUT2D eigenvalue weighted by Gasteiger charge is 2.24. The normalized spacial score (nSPS) is 12.8. The van der Waals surface area contributed by atoms with Crippen molar-refractivity contribution in [3.63, 3.8) is 0 Å². The highest BCUT2D eigenvalue weighted by molar-refractivity contribution is 9.10. The van der Waals surface area contributed by atoms with Crippen LogP contribution in [0.25, 0.3) is 0 Å². The van der Waals surface area contributed by atoms with Crippen LogP contribution in [0.1, 0.15) is 33.8 Å². The van der Waals surface area contributed by atoms with E-state index in [1.807, 2.05) is 73.0 Å². The molecule has 144 valence electrons. The number of hydrogen-bond donors (Lipinski definition) is 2. The molecule has 2 aromatic carbocycles. The van der Waals surface area contributed by atoms with Crippen LogP contribution in [0.4, 0.5) is 0 Å². The van der Waals surface area contributed by atoms with Crippen LogP contribution in [-0.2, 0) is 11.2 Å². The van der Waals surface area contributed by atoms with E-state index in [-0.39, 0.29) is 17.9 Å². The predicted octanol–water partition coefficient (Wildman–Crippen LogP) is 4.73.